The van der Waals surface area contributed by atoms with Gasteiger partial charge in [-0.3, -0.25) is 0 Å². The number of benzene rings is 1. The fourth-order valence-corrected chi connectivity index (χ4v) is 3.78. The lowest BCUT2D eigenvalue weighted by Crippen LogP contribution is -1.99. The van der Waals surface area contributed by atoms with Crippen molar-refractivity contribution in [2.75, 3.05) is 0 Å². The van der Waals surface area contributed by atoms with E-state index in [4.69, 9.17) is 4.42 Å². The fourth-order valence-electron chi connectivity index (χ4n) is 2.35. The lowest BCUT2D eigenvalue weighted by atomic mass is 9.98. The molecule has 3 rings (SSSR count). The van der Waals surface area contributed by atoms with E-state index < -0.39 is 0 Å². The molecule has 0 radical (unpaired) electrons. The Kier molecular flexibility index (Phi) is 3.30. The van der Waals surface area contributed by atoms with Gasteiger partial charge in [0.05, 0.1) is 3.57 Å². The molecule has 0 spiro atoms. The highest BCUT2D eigenvalue weighted by atomic mass is 127. The van der Waals surface area contributed by atoms with Gasteiger partial charge in [-0.2, -0.15) is 0 Å². The summed E-state index contributed by atoms with van der Waals surface area (Å²) in [6.45, 7) is 0. The van der Waals surface area contributed by atoms with Crippen molar-refractivity contribution in [3.05, 3.63) is 43.6 Å². The smallest absolute Gasteiger partial charge is 0.149 e. The van der Waals surface area contributed by atoms with Crippen LogP contribution in [0.1, 0.15) is 24.2 Å². The Balaban J connectivity index is 2.16. The Morgan fingerprint density at radius 3 is 2.65 bits per heavy atom. The van der Waals surface area contributed by atoms with Gasteiger partial charge in [-0.25, -0.2) is 0 Å². The maximum atomic E-state index is 6.07. The fraction of sp³-hybridized carbons (Fsp3) is 0.286. The Labute approximate surface area is 123 Å². The Bertz CT molecular complexity index is 559. The number of halogens is 2. The van der Waals surface area contributed by atoms with Crippen molar-refractivity contribution in [3.8, 4) is 11.3 Å². The summed E-state index contributed by atoms with van der Waals surface area (Å²) in [5, 5.41) is 0. The average Bonchev–Trinajstić information content (AvgIpc) is 2.68. The minimum atomic E-state index is 1.03. The zero-order chi connectivity index (χ0) is 11.8. The average molecular weight is 403 g/mol. The number of hydrogen-bond acceptors (Lipinski definition) is 1. The van der Waals surface area contributed by atoms with Gasteiger partial charge in [0.1, 0.15) is 11.5 Å². The van der Waals surface area contributed by atoms with Crippen LogP contribution < -0.4 is 0 Å². The third-order valence-electron chi connectivity index (χ3n) is 3.23. The van der Waals surface area contributed by atoms with Crippen LogP contribution in [-0.2, 0) is 12.8 Å². The van der Waals surface area contributed by atoms with Crippen LogP contribution in [0.15, 0.2) is 33.2 Å². The third-order valence-corrected chi connectivity index (χ3v) is 5.06. The van der Waals surface area contributed by atoms with Gasteiger partial charge < -0.3 is 4.42 Å². The number of aryl methyl sites for hydroxylation is 1. The van der Waals surface area contributed by atoms with Crippen LogP contribution in [-0.4, -0.2) is 0 Å². The second-order valence-corrected chi connectivity index (χ2v) is 6.27. The van der Waals surface area contributed by atoms with E-state index in [1.807, 2.05) is 6.07 Å². The molecule has 0 amide bonds. The molecule has 1 heterocycles. The topological polar surface area (TPSA) is 13.1 Å². The van der Waals surface area contributed by atoms with Crippen molar-refractivity contribution in [2.45, 2.75) is 25.7 Å². The van der Waals surface area contributed by atoms with Gasteiger partial charge in [0.2, 0.25) is 0 Å². The molecular weight excluding hydrogens is 391 g/mol. The Morgan fingerprint density at radius 1 is 1.12 bits per heavy atom. The van der Waals surface area contributed by atoms with Crippen molar-refractivity contribution in [2.24, 2.45) is 0 Å². The number of fused-ring (bicyclic) bond motifs is 1. The van der Waals surface area contributed by atoms with Crippen LogP contribution in [0.3, 0.4) is 0 Å². The molecule has 17 heavy (non-hydrogen) atoms. The van der Waals surface area contributed by atoms with E-state index in [-0.39, 0.29) is 0 Å². The summed E-state index contributed by atoms with van der Waals surface area (Å²) in [4.78, 5) is 0. The summed E-state index contributed by atoms with van der Waals surface area (Å²) in [5.41, 5.74) is 2.59. The molecule has 1 aliphatic carbocycles. The summed E-state index contributed by atoms with van der Waals surface area (Å²) < 4.78 is 8.46. The predicted molar refractivity (Wildman–Crippen MR) is 81.2 cm³/mol. The maximum Gasteiger partial charge on any atom is 0.149 e. The molecule has 88 valence electrons. The summed E-state index contributed by atoms with van der Waals surface area (Å²) in [6.07, 6.45) is 4.81. The van der Waals surface area contributed by atoms with E-state index in [0.29, 0.717) is 0 Å². The van der Waals surface area contributed by atoms with E-state index in [1.165, 1.54) is 34.2 Å². The molecule has 1 aromatic heterocycles. The normalized spacial score (nSPS) is 14.7. The molecule has 0 fully saturated rings. The zero-order valence-corrected chi connectivity index (χ0v) is 13.0. The van der Waals surface area contributed by atoms with Crippen molar-refractivity contribution in [1.29, 1.82) is 0 Å². The highest BCUT2D eigenvalue weighted by Crippen LogP contribution is 2.39. The van der Waals surface area contributed by atoms with Crippen LogP contribution in [0.2, 0.25) is 0 Å². The van der Waals surface area contributed by atoms with E-state index >= 15 is 0 Å². The Morgan fingerprint density at radius 2 is 1.88 bits per heavy atom. The third kappa shape index (κ3) is 2.08. The largest absolute Gasteiger partial charge is 0.460 e. The number of hydrogen-bond donors (Lipinski definition) is 0. The molecule has 0 atom stereocenters. The standard InChI is InChI=1S/C14H12BrIO/c15-11-7-3-1-5-9(11)14-13(16)10-6-2-4-8-12(10)17-14/h1,3,5,7H,2,4,6,8H2. The molecule has 0 bridgehead atoms. The first-order valence-corrected chi connectivity index (χ1v) is 7.69. The van der Waals surface area contributed by atoms with Gasteiger partial charge in [0, 0.05) is 22.0 Å². The monoisotopic (exact) mass is 402 g/mol. The molecule has 0 saturated carbocycles. The molecule has 0 aliphatic heterocycles. The highest BCUT2D eigenvalue weighted by Gasteiger charge is 2.22. The van der Waals surface area contributed by atoms with Crippen LogP contribution in [0.25, 0.3) is 11.3 Å². The molecule has 0 saturated heterocycles. The maximum absolute atomic E-state index is 6.07. The van der Waals surface area contributed by atoms with Crippen molar-refractivity contribution in [1.82, 2.24) is 0 Å². The lowest BCUT2D eigenvalue weighted by molar-refractivity contribution is 0.487. The molecule has 0 unspecified atom stereocenters. The van der Waals surface area contributed by atoms with Gasteiger partial charge >= 0.3 is 0 Å². The Hall–Kier alpha value is -0.290. The van der Waals surface area contributed by atoms with Gasteiger partial charge in [-0.1, -0.05) is 34.1 Å². The minimum absolute atomic E-state index is 1.03. The number of rotatable bonds is 1. The number of furan rings is 1. The van der Waals surface area contributed by atoms with Gasteiger partial charge in [0.15, 0.2) is 0 Å². The summed E-state index contributed by atoms with van der Waals surface area (Å²) >= 11 is 6.02. The zero-order valence-electron chi connectivity index (χ0n) is 9.30. The van der Waals surface area contributed by atoms with Crippen LogP contribution in [0, 0.1) is 3.57 Å². The first-order chi connectivity index (χ1) is 8.27. The quantitative estimate of drug-likeness (QED) is 0.598. The summed E-state index contributed by atoms with van der Waals surface area (Å²) in [5.74, 6) is 2.23. The van der Waals surface area contributed by atoms with E-state index in [2.05, 4.69) is 56.7 Å². The summed E-state index contributed by atoms with van der Waals surface area (Å²) in [6, 6.07) is 8.25. The van der Waals surface area contributed by atoms with Gasteiger partial charge in [-0.15, -0.1) is 0 Å². The molecule has 1 aromatic carbocycles. The molecule has 1 nitrogen and oxygen atoms in total. The summed E-state index contributed by atoms with van der Waals surface area (Å²) in [7, 11) is 0. The van der Waals surface area contributed by atoms with E-state index in [9.17, 15) is 0 Å². The lowest BCUT2D eigenvalue weighted by Gasteiger charge is -2.08. The second-order valence-electron chi connectivity index (χ2n) is 4.33. The van der Waals surface area contributed by atoms with Crippen molar-refractivity contribution in [3.63, 3.8) is 0 Å². The second kappa shape index (κ2) is 4.76. The van der Waals surface area contributed by atoms with Crippen molar-refractivity contribution >= 4 is 38.5 Å². The molecule has 0 N–H and O–H groups in total. The highest BCUT2D eigenvalue weighted by molar-refractivity contribution is 14.1. The van der Waals surface area contributed by atoms with Crippen molar-refractivity contribution < 1.29 is 4.42 Å². The van der Waals surface area contributed by atoms with Crippen LogP contribution in [0.4, 0.5) is 0 Å². The first kappa shape index (κ1) is 11.8. The minimum Gasteiger partial charge on any atom is -0.460 e. The van der Waals surface area contributed by atoms with Crippen LogP contribution in [0.5, 0.6) is 0 Å². The molecular formula is C14H12BrIO. The van der Waals surface area contributed by atoms with E-state index in [0.717, 1.165) is 22.2 Å². The first-order valence-electron chi connectivity index (χ1n) is 5.82. The van der Waals surface area contributed by atoms with E-state index in [1.54, 1.807) is 0 Å². The predicted octanol–water partition coefficient (Wildman–Crippen LogP) is 5.19. The molecule has 2 aromatic rings. The van der Waals surface area contributed by atoms with Crippen LogP contribution >= 0.6 is 38.5 Å². The SMILES string of the molecule is Brc1ccccc1-c1oc2c(c1I)CCCC2. The molecule has 3 heteroatoms. The van der Waals surface area contributed by atoms with Gasteiger partial charge in [-0.05, 0) is 47.9 Å². The molecule has 1 aliphatic rings. The van der Waals surface area contributed by atoms with Gasteiger partial charge in [0.25, 0.3) is 0 Å².